The molecule has 0 bridgehead atoms. The predicted molar refractivity (Wildman–Crippen MR) is 88.2 cm³/mol. The summed E-state index contributed by atoms with van der Waals surface area (Å²) in [5.74, 6) is -0.263. The highest BCUT2D eigenvalue weighted by Crippen LogP contribution is 2.22. The van der Waals surface area contributed by atoms with Crippen LogP contribution in [0.1, 0.15) is 36.1 Å². The molecule has 0 spiro atoms. The molecule has 6 heteroatoms. The third-order valence-electron chi connectivity index (χ3n) is 3.81. The van der Waals surface area contributed by atoms with E-state index in [0.717, 1.165) is 36.3 Å². The Morgan fingerprint density at radius 2 is 2.22 bits per heavy atom. The number of rotatable bonds is 6. The first kappa shape index (κ1) is 16.1. The van der Waals surface area contributed by atoms with E-state index >= 15 is 0 Å². The average molecular weight is 334 g/mol. The molecule has 1 fully saturated rings. The van der Waals surface area contributed by atoms with E-state index in [-0.39, 0.29) is 17.8 Å². The molecule has 4 nitrogen and oxygen atoms in total. The second kappa shape index (κ2) is 7.66. The summed E-state index contributed by atoms with van der Waals surface area (Å²) < 4.78 is 18.4. The van der Waals surface area contributed by atoms with Crippen LogP contribution in [0.3, 0.4) is 0 Å². The summed E-state index contributed by atoms with van der Waals surface area (Å²) in [7, 11) is 0. The fourth-order valence-corrected chi connectivity index (χ4v) is 3.46. The summed E-state index contributed by atoms with van der Waals surface area (Å²) in [6, 6.07) is 6.41. The van der Waals surface area contributed by atoms with Gasteiger partial charge in [0.25, 0.3) is 0 Å². The van der Waals surface area contributed by atoms with Crippen molar-refractivity contribution in [3.8, 4) is 0 Å². The molecular weight excluding hydrogens is 315 g/mol. The molecule has 1 atom stereocenters. The first-order valence-corrected chi connectivity index (χ1v) is 8.61. The van der Waals surface area contributed by atoms with Gasteiger partial charge in [0.2, 0.25) is 5.91 Å². The SMILES string of the molecule is O=C(CCC1CCCO1)Nc1ncc(Cc2ccc(F)cc2)s1. The number of nitrogens with one attached hydrogen (secondary N) is 1. The van der Waals surface area contributed by atoms with Crippen LogP contribution in [0.15, 0.2) is 30.5 Å². The number of anilines is 1. The van der Waals surface area contributed by atoms with Crippen LogP contribution >= 0.6 is 11.3 Å². The number of aromatic nitrogens is 1. The minimum atomic E-state index is -0.239. The molecule has 1 saturated heterocycles. The molecule has 1 amide bonds. The van der Waals surface area contributed by atoms with Crippen LogP contribution in [0, 0.1) is 5.82 Å². The van der Waals surface area contributed by atoms with E-state index < -0.39 is 0 Å². The topological polar surface area (TPSA) is 51.2 Å². The predicted octanol–water partition coefficient (Wildman–Crippen LogP) is 3.77. The highest BCUT2D eigenvalue weighted by Gasteiger charge is 2.17. The molecule has 1 aliphatic heterocycles. The van der Waals surface area contributed by atoms with Crippen LogP contribution in [-0.4, -0.2) is 23.6 Å². The average Bonchev–Trinajstić information content (AvgIpc) is 3.20. The third-order valence-corrected chi connectivity index (χ3v) is 4.72. The van der Waals surface area contributed by atoms with Gasteiger partial charge >= 0.3 is 0 Å². The molecule has 1 aromatic heterocycles. The quantitative estimate of drug-likeness (QED) is 0.875. The molecule has 1 aliphatic rings. The molecule has 3 rings (SSSR count). The van der Waals surface area contributed by atoms with Gasteiger partial charge in [-0.3, -0.25) is 4.79 Å². The van der Waals surface area contributed by atoms with Crippen molar-refractivity contribution in [2.24, 2.45) is 0 Å². The van der Waals surface area contributed by atoms with Gasteiger partial charge in [-0.15, -0.1) is 11.3 Å². The highest BCUT2D eigenvalue weighted by atomic mass is 32.1. The van der Waals surface area contributed by atoms with Crippen LogP contribution in [0.4, 0.5) is 9.52 Å². The van der Waals surface area contributed by atoms with Crippen molar-refractivity contribution in [3.63, 3.8) is 0 Å². The first-order chi connectivity index (χ1) is 11.2. The molecule has 1 unspecified atom stereocenters. The summed E-state index contributed by atoms with van der Waals surface area (Å²) >= 11 is 1.45. The van der Waals surface area contributed by atoms with E-state index in [1.165, 1.54) is 23.5 Å². The Bertz CT molecular complexity index is 651. The van der Waals surface area contributed by atoms with Gasteiger partial charge in [-0.05, 0) is 37.0 Å². The second-order valence-corrected chi connectivity index (χ2v) is 6.77. The van der Waals surface area contributed by atoms with Gasteiger partial charge in [-0.25, -0.2) is 9.37 Å². The second-order valence-electron chi connectivity index (χ2n) is 5.66. The lowest BCUT2D eigenvalue weighted by molar-refractivity contribution is -0.116. The zero-order valence-electron chi connectivity index (χ0n) is 12.8. The Hall–Kier alpha value is -1.79. The number of amides is 1. The molecule has 2 aromatic rings. The summed E-state index contributed by atoms with van der Waals surface area (Å²) in [6.45, 7) is 0.811. The minimum absolute atomic E-state index is 0.0248. The van der Waals surface area contributed by atoms with Gasteiger partial charge in [-0.1, -0.05) is 12.1 Å². The summed E-state index contributed by atoms with van der Waals surface area (Å²) in [5.41, 5.74) is 1.02. The number of carbonyl (C=O) groups is 1. The number of halogens is 1. The third kappa shape index (κ3) is 4.84. The van der Waals surface area contributed by atoms with Crippen molar-refractivity contribution in [2.45, 2.75) is 38.2 Å². The zero-order valence-corrected chi connectivity index (χ0v) is 13.6. The smallest absolute Gasteiger partial charge is 0.226 e. The van der Waals surface area contributed by atoms with Crippen LogP contribution in [0.25, 0.3) is 0 Å². The molecule has 0 radical (unpaired) electrons. The first-order valence-electron chi connectivity index (χ1n) is 7.79. The summed E-state index contributed by atoms with van der Waals surface area (Å²) in [6.07, 6.45) is 6.02. The van der Waals surface area contributed by atoms with Gasteiger partial charge in [0, 0.05) is 30.5 Å². The normalized spacial score (nSPS) is 17.3. The molecule has 0 saturated carbocycles. The number of ether oxygens (including phenoxy) is 1. The standard InChI is InChI=1S/C17H19FN2O2S/c18-13-5-3-12(4-6-13)10-15-11-19-17(23-15)20-16(21)8-7-14-2-1-9-22-14/h3-6,11,14H,1-2,7-10H2,(H,19,20,21). The van der Waals surface area contributed by atoms with E-state index in [2.05, 4.69) is 10.3 Å². The number of hydrogen-bond acceptors (Lipinski definition) is 4. The lowest BCUT2D eigenvalue weighted by Crippen LogP contribution is -2.15. The van der Waals surface area contributed by atoms with E-state index in [0.29, 0.717) is 18.0 Å². The fraction of sp³-hybridized carbons (Fsp3) is 0.412. The van der Waals surface area contributed by atoms with Crippen LogP contribution in [0.5, 0.6) is 0 Å². The van der Waals surface area contributed by atoms with Gasteiger partial charge < -0.3 is 10.1 Å². The van der Waals surface area contributed by atoms with Crippen LogP contribution < -0.4 is 5.32 Å². The fourth-order valence-electron chi connectivity index (χ4n) is 2.60. The summed E-state index contributed by atoms with van der Waals surface area (Å²) in [5, 5.41) is 3.44. The van der Waals surface area contributed by atoms with E-state index in [4.69, 9.17) is 4.74 Å². The largest absolute Gasteiger partial charge is 0.378 e. The Kier molecular flexibility index (Phi) is 5.35. The van der Waals surface area contributed by atoms with Crippen molar-refractivity contribution < 1.29 is 13.9 Å². The molecule has 23 heavy (non-hydrogen) atoms. The summed E-state index contributed by atoms with van der Waals surface area (Å²) in [4.78, 5) is 17.2. The van der Waals surface area contributed by atoms with Gasteiger partial charge in [0.05, 0.1) is 6.10 Å². The maximum Gasteiger partial charge on any atom is 0.226 e. The maximum atomic E-state index is 12.9. The van der Waals surface area contributed by atoms with Crippen molar-refractivity contribution in [2.75, 3.05) is 11.9 Å². The number of carbonyl (C=O) groups excluding carboxylic acids is 1. The Balaban J connectivity index is 1.48. The van der Waals surface area contributed by atoms with E-state index in [1.807, 2.05) is 0 Å². The molecular formula is C17H19FN2O2S. The van der Waals surface area contributed by atoms with Crippen molar-refractivity contribution >= 4 is 22.4 Å². The molecule has 122 valence electrons. The Morgan fingerprint density at radius 1 is 1.39 bits per heavy atom. The Morgan fingerprint density at radius 3 is 2.96 bits per heavy atom. The molecule has 1 aromatic carbocycles. The number of nitrogens with zero attached hydrogens (tertiary/aromatic N) is 1. The van der Waals surface area contributed by atoms with Crippen molar-refractivity contribution in [3.05, 3.63) is 46.7 Å². The van der Waals surface area contributed by atoms with Gasteiger partial charge in [-0.2, -0.15) is 0 Å². The lowest BCUT2D eigenvalue weighted by Gasteiger charge is -2.07. The van der Waals surface area contributed by atoms with E-state index in [1.54, 1.807) is 18.3 Å². The van der Waals surface area contributed by atoms with Gasteiger partial charge in [0.15, 0.2) is 5.13 Å². The monoisotopic (exact) mass is 334 g/mol. The van der Waals surface area contributed by atoms with Crippen LogP contribution in [-0.2, 0) is 16.0 Å². The Labute approximate surface area is 138 Å². The highest BCUT2D eigenvalue weighted by molar-refractivity contribution is 7.15. The molecule has 1 N–H and O–H groups in total. The van der Waals surface area contributed by atoms with Crippen molar-refractivity contribution in [1.29, 1.82) is 0 Å². The number of thiazole rings is 1. The van der Waals surface area contributed by atoms with Crippen LogP contribution in [0.2, 0.25) is 0 Å². The lowest BCUT2D eigenvalue weighted by atomic mass is 10.1. The maximum absolute atomic E-state index is 12.9. The molecule has 2 heterocycles. The molecule has 0 aliphatic carbocycles. The minimum Gasteiger partial charge on any atom is -0.378 e. The van der Waals surface area contributed by atoms with Crippen molar-refractivity contribution in [1.82, 2.24) is 4.98 Å². The number of benzene rings is 1. The van der Waals surface area contributed by atoms with E-state index in [9.17, 15) is 9.18 Å². The number of hydrogen-bond donors (Lipinski definition) is 1. The zero-order chi connectivity index (χ0) is 16.1. The van der Waals surface area contributed by atoms with Gasteiger partial charge in [0.1, 0.15) is 5.82 Å².